The van der Waals surface area contributed by atoms with E-state index in [4.69, 9.17) is 9.94 Å². The van der Waals surface area contributed by atoms with Crippen LogP contribution < -0.4 is 5.48 Å². The van der Waals surface area contributed by atoms with E-state index in [1.165, 1.54) is 5.57 Å². The van der Waals surface area contributed by atoms with Gasteiger partial charge < -0.3 is 15.3 Å². The van der Waals surface area contributed by atoms with Crippen LogP contribution in [-0.2, 0) is 9.63 Å². The largest absolute Gasteiger partial charge is 0.481 e. The number of hydrogen-bond acceptors (Lipinski definition) is 5. The van der Waals surface area contributed by atoms with Gasteiger partial charge in [0.15, 0.2) is 0 Å². The molecule has 1 aromatic rings. The zero-order chi connectivity index (χ0) is 18.5. The maximum absolute atomic E-state index is 10.4. The highest BCUT2D eigenvalue weighted by molar-refractivity contribution is 5.66. The number of carbonyl (C=O) groups is 1. The van der Waals surface area contributed by atoms with Gasteiger partial charge in [0.1, 0.15) is 0 Å². The fourth-order valence-electron chi connectivity index (χ4n) is 3.64. The Morgan fingerprint density at radius 1 is 1.31 bits per heavy atom. The third-order valence-electron chi connectivity index (χ3n) is 5.09. The first-order chi connectivity index (χ1) is 12.6. The second kappa shape index (κ2) is 8.49. The Morgan fingerprint density at radius 3 is 2.81 bits per heavy atom. The average Bonchev–Trinajstić information content (AvgIpc) is 2.87. The topological polar surface area (TPSA) is 99.0 Å². The van der Waals surface area contributed by atoms with Gasteiger partial charge in [-0.15, -0.1) is 0 Å². The van der Waals surface area contributed by atoms with Crippen LogP contribution in [0.4, 0.5) is 0 Å². The highest BCUT2D eigenvalue weighted by atomic mass is 16.6. The number of carboxylic acid groups (broad SMARTS) is 1. The summed E-state index contributed by atoms with van der Waals surface area (Å²) in [5.74, 6) is -0.555. The summed E-state index contributed by atoms with van der Waals surface area (Å²) in [5.41, 5.74) is 5.89. The van der Waals surface area contributed by atoms with Crippen molar-refractivity contribution in [1.82, 2.24) is 5.48 Å². The number of rotatable bonds is 9. The molecule has 4 N–H and O–H groups in total. The van der Waals surface area contributed by atoms with Crippen LogP contribution in [0.5, 0.6) is 0 Å². The average molecular weight is 359 g/mol. The number of nitrogens with one attached hydrogen (secondary N) is 1. The Hall–Kier alpha value is -2.15. The molecule has 0 aromatic heterocycles. The van der Waals surface area contributed by atoms with Crippen LogP contribution in [0.1, 0.15) is 37.4 Å². The van der Waals surface area contributed by atoms with Gasteiger partial charge in [0.2, 0.25) is 0 Å². The molecule has 26 heavy (non-hydrogen) atoms. The lowest BCUT2D eigenvalue weighted by Crippen LogP contribution is -2.29. The molecule has 0 aliphatic heterocycles. The molecule has 0 bridgehead atoms. The first kappa shape index (κ1) is 18.6. The predicted molar refractivity (Wildman–Crippen MR) is 95.7 cm³/mol. The van der Waals surface area contributed by atoms with E-state index in [2.05, 4.69) is 5.48 Å². The fraction of sp³-hybridized carbons (Fsp3) is 0.450. The highest BCUT2D eigenvalue weighted by Gasteiger charge is 2.44. The van der Waals surface area contributed by atoms with Crippen LogP contribution in [0, 0.1) is 11.8 Å². The molecule has 4 atom stereocenters. The number of aliphatic carboxylic acids is 1. The number of benzene rings is 1. The number of hydroxylamine groups is 1. The van der Waals surface area contributed by atoms with E-state index in [9.17, 15) is 15.0 Å². The molecule has 1 aromatic carbocycles. The second-order valence-corrected chi connectivity index (χ2v) is 6.85. The van der Waals surface area contributed by atoms with Crippen LogP contribution in [0.15, 0.2) is 53.8 Å². The summed E-state index contributed by atoms with van der Waals surface area (Å²) in [7, 11) is 0. The van der Waals surface area contributed by atoms with Crippen molar-refractivity contribution < 1.29 is 25.0 Å². The Morgan fingerprint density at radius 2 is 2.08 bits per heavy atom. The van der Waals surface area contributed by atoms with Crippen LogP contribution in [0.2, 0.25) is 0 Å². The van der Waals surface area contributed by atoms with Crippen molar-refractivity contribution >= 4 is 5.97 Å². The quantitative estimate of drug-likeness (QED) is 0.307. The number of allylic oxidation sites excluding steroid dienone is 1. The minimum atomic E-state index is -0.828. The van der Waals surface area contributed by atoms with E-state index >= 15 is 0 Å². The van der Waals surface area contributed by atoms with Crippen molar-refractivity contribution in [1.29, 1.82) is 0 Å². The summed E-state index contributed by atoms with van der Waals surface area (Å²) in [4.78, 5) is 15.8. The monoisotopic (exact) mass is 359 g/mol. The van der Waals surface area contributed by atoms with Crippen molar-refractivity contribution in [3.05, 3.63) is 59.3 Å². The first-order valence-corrected chi connectivity index (χ1v) is 8.97. The molecule has 6 nitrogen and oxygen atoms in total. The van der Waals surface area contributed by atoms with Crippen LogP contribution >= 0.6 is 0 Å². The molecule has 0 heterocycles. The minimum Gasteiger partial charge on any atom is -0.481 e. The van der Waals surface area contributed by atoms with Gasteiger partial charge in [-0.25, -0.2) is 0 Å². The molecule has 6 heteroatoms. The molecule has 3 unspecified atom stereocenters. The van der Waals surface area contributed by atoms with E-state index in [-0.39, 0.29) is 18.3 Å². The van der Waals surface area contributed by atoms with Crippen molar-refractivity contribution in [3.63, 3.8) is 0 Å². The van der Waals surface area contributed by atoms with Gasteiger partial charge in [0, 0.05) is 18.0 Å². The molecule has 1 saturated carbocycles. The van der Waals surface area contributed by atoms with E-state index < -0.39 is 18.2 Å². The molecule has 3 rings (SSSR count). The summed E-state index contributed by atoms with van der Waals surface area (Å²) in [5, 5.41) is 29.2. The standard InChI is InChI=1S/C20H25NO5/c22-18(13-5-2-1-3-6-13)9-8-14-15-11-17(16(15)12-19(14)23)21-26-10-4-7-20(24)25/h1-3,5-6,8-9,14-15,18-19,21-23H,4,7,10-12H2,(H,24,25)/t14?,15-,18?,19?/m0/s1. The maximum Gasteiger partial charge on any atom is 0.303 e. The second-order valence-electron chi connectivity index (χ2n) is 6.85. The van der Waals surface area contributed by atoms with Gasteiger partial charge in [-0.1, -0.05) is 42.5 Å². The Kier molecular flexibility index (Phi) is 6.08. The Bertz CT molecular complexity index is 685. The lowest BCUT2D eigenvalue weighted by Gasteiger charge is -2.31. The van der Waals surface area contributed by atoms with Crippen molar-refractivity contribution in [2.24, 2.45) is 11.8 Å². The third-order valence-corrected chi connectivity index (χ3v) is 5.09. The SMILES string of the molecule is O=C(O)CCCONC1=C2CC(O)C(C=CC(O)c3ccccc3)[C@@H]2C1. The smallest absolute Gasteiger partial charge is 0.303 e. The molecule has 0 saturated heterocycles. The maximum atomic E-state index is 10.4. The number of aliphatic hydroxyl groups is 2. The summed E-state index contributed by atoms with van der Waals surface area (Å²) in [6.45, 7) is 0.336. The predicted octanol–water partition coefficient (Wildman–Crippen LogP) is 2.32. The summed E-state index contributed by atoms with van der Waals surface area (Å²) in [6, 6.07) is 9.43. The van der Waals surface area contributed by atoms with Crippen LogP contribution in [0.25, 0.3) is 0 Å². The Balaban J connectivity index is 1.50. The summed E-state index contributed by atoms with van der Waals surface area (Å²) >= 11 is 0. The lowest BCUT2D eigenvalue weighted by molar-refractivity contribution is -0.137. The lowest BCUT2D eigenvalue weighted by atomic mass is 9.79. The molecular weight excluding hydrogens is 334 g/mol. The Labute approximate surface area is 152 Å². The minimum absolute atomic E-state index is 0.000854. The summed E-state index contributed by atoms with van der Waals surface area (Å²) < 4.78 is 0. The van der Waals surface area contributed by atoms with Crippen molar-refractivity contribution in [2.45, 2.75) is 37.9 Å². The van der Waals surface area contributed by atoms with Gasteiger partial charge in [0.25, 0.3) is 0 Å². The fourth-order valence-corrected chi connectivity index (χ4v) is 3.64. The van der Waals surface area contributed by atoms with Crippen LogP contribution in [-0.4, -0.2) is 34.0 Å². The zero-order valence-corrected chi connectivity index (χ0v) is 14.5. The molecule has 2 aliphatic carbocycles. The highest BCUT2D eigenvalue weighted by Crippen LogP contribution is 2.49. The molecular formula is C20H25NO5. The number of fused-ring (bicyclic) bond motifs is 1. The molecule has 1 fully saturated rings. The van der Waals surface area contributed by atoms with E-state index in [1.54, 1.807) is 6.08 Å². The normalized spacial score (nSPS) is 25.8. The molecule has 0 spiro atoms. The van der Waals surface area contributed by atoms with Gasteiger partial charge in [-0.3, -0.25) is 15.1 Å². The van der Waals surface area contributed by atoms with Gasteiger partial charge in [-0.05, 0) is 36.3 Å². The van der Waals surface area contributed by atoms with Crippen molar-refractivity contribution in [2.75, 3.05) is 6.61 Å². The molecule has 0 amide bonds. The van der Waals surface area contributed by atoms with Gasteiger partial charge in [-0.2, -0.15) is 0 Å². The van der Waals surface area contributed by atoms with Crippen LogP contribution in [0.3, 0.4) is 0 Å². The summed E-state index contributed by atoms with van der Waals surface area (Å²) in [6.07, 6.45) is 4.48. The van der Waals surface area contributed by atoms with E-state index in [0.717, 1.165) is 17.7 Å². The molecule has 0 radical (unpaired) electrons. The molecule has 140 valence electrons. The van der Waals surface area contributed by atoms with Crippen molar-refractivity contribution in [3.8, 4) is 0 Å². The number of hydrogen-bond donors (Lipinski definition) is 4. The van der Waals surface area contributed by atoms with Gasteiger partial charge in [0.05, 0.1) is 18.8 Å². The third kappa shape index (κ3) is 4.33. The number of carboxylic acids is 1. The van der Waals surface area contributed by atoms with Gasteiger partial charge >= 0.3 is 5.97 Å². The molecule has 2 aliphatic rings. The number of aliphatic hydroxyl groups excluding tert-OH is 2. The van der Waals surface area contributed by atoms with E-state index in [1.807, 2.05) is 36.4 Å². The first-order valence-electron chi connectivity index (χ1n) is 8.97. The van der Waals surface area contributed by atoms with E-state index in [0.29, 0.717) is 19.4 Å². The zero-order valence-electron chi connectivity index (χ0n) is 14.5.